The number of aromatic amines is 1. The van der Waals surface area contributed by atoms with Gasteiger partial charge >= 0.3 is 0 Å². The number of aromatic nitrogens is 6. The van der Waals surface area contributed by atoms with Crippen molar-refractivity contribution in [1.29, 1.82) is 0 Å². The van der Waals surface area contributed by atoms with Crippen LogP contribution in [0.4, 0.5) is 4.39 Å². The molecule has 5 aromatic rings. The Morgan fingerprint density at radius 1 is 1.14 bits per heavy atom. The molecule has 5 rings (SSSR count). The maximum atomic E-state index is 13.9. The summed E-state index contributed by atoms with van der Waals surface area (Å²) in [5.41, 5.74) is 3.89. The molecule has 1 aromatic carbocycles. The number of aryl methyl sites for hydroxylation is 1. The fourth-order valence-electron chi connectivity index (χ4n) is 3.15. The molecule has 4 aromatic heterocycles. The van der Waals surface area contributed by atoms with Gasteiger partial charge in [-0.25, -0.2) is 9.37 Å². The van der Waals surface area contributed by atoms with Crippen molar-refractivity contribution in [3.63, 3.8) is 0 Å². The van der Waals surface area contributed by atoms with Crippen molar-refractivity contribution < 1.29 is 8.81 Å². The van der Waals surface area contributed by atoms with E-state index in [4.69, 9.17) is 4.42 Å². The normalized spacial score (nSPS) is 11.4. The fraction of sp³-hybridized carbons (Fsp3) is 0.100. The molecular formula is C20H15FN6O. The molecule has 0 atom stereocenters. The summed E-state index contributed by atoms with van der Waals surface area (Å²) in [4.78, 5) is 7.59. The lowest BCUT2D eigenvalue weighted by Gasteiger charge is -1.99. The molecule has 0 saturated heterocycles. The summed E-state index contributed by atoms with van der Waals surface area (Å²) in [6.07, 6.45) is 7.52. The topological polar surface area (TPSA) is 85.4 Å². The van der Waals surface area contributed by atoms with E-state index in [-0.39, 0.29) is 12.2 Å². The third kappa shape index (κ3) is 2.84. The first-order valence-electron chi connectivity index (χ1n) is 8.70. The standard InChI is InChI=1S/C20H15FN6O/c1-27-11-14(9-24-27)13-6-15-16(10-23-19(15)22-8-13)20-26-25-18(28-20)7-12-4-2-3-5-17(12)21/h2-6,8-11H,7H2,1H3,(H,22,23). The number of nitrogens with one attached hydrogen (secondary N) is 1. The van der Waals surface area contributed by atoms with Crippen LogP contribution < -0.4 is 0 Å². The third-order valence-corrected chi connectivity index (χ3v) is 4.57. The van der Waals surface area contributed by atoms with Gasteiger partial charge in [0.25, 0.3) is 0 Å². The van der Waals surface area contributed by atoms with Crippen molar-refractivity contribution >= 4 is 11.0 Å². The molecule has 0 amide bonds. The van der Waals surface area contributed by atoms with Gasteiger partial charge in [-0.2, -0.15) is 5.10 Å². The Labute approximate surface area is 158 Å². The Hall–Kier alpha value is -3.81. The molecule has 7 nitrogen and oxygen atoms in total. The van der Waals surface area contributed by atoms with Crippen LogP contribution in [0.25, 0.3) is 33.6 Å². The van der Waals surface area contributed by atoms with Gasteiger partial charge in [0.05, 0.1) is 18.2 Å². The van der Waals surface area contributed by atoms with Crippen LogP contribution in [0.2, 0.25) is 0 Å². The van der Waals surface area contributed by atoms with Crippen molar-refractivity contribution in [2.24, 2.45) is 7.05 Å². The minimum Gasteiger partial charge on any atom is -0.420 e. The lowest BCUT2D eigenvalue weighted by atomic mass is 10.1. The zero-order valence-electron chi connectivity index (χ0n) is 14.9. The van der Waals surface area contributed by atoms with Gasteiger partial charge in [0, 0.05) is 42.2 Å². The second-order valence-corrected chi connectivity index (χ2v) is 6.49. The van der Waals surface area contributed by atoms with E-state index in [1.165, 1.54) is 6.07 Å². The second-order valence-electron chi connectivity index (χ2n) is 6.49. The first-order valence-corrected chi connectivity index (χ1v) is 8.70. The highest BCUT2D eigenvalue weighted by molar-refractivity contribution is 5.93. The highest BCUT2D eigenvalue weighted by atomic mass is 19.1. The van der Waals surface area contributed by atoms with E-state index in [1.54, 1.807) is 41.5 Å². The average Bonchev–Trinajstić information content (AvgIpc) is 3.42. The first-order chi connectivity index (χ1) is 13.7. The molecule has 0 bridgehead atoms. The van der Waals surface area contributed by atoms with Crippen molar-refractivity contribution in [3.05, 3.63) is 72.4 Å². The number of hydrogen-bond acceptors (Lipinski definition) is 5. The largest absolute Gasteiger partial charge is 0.420 e. The molecule has 0 unspecified atom stereocenters. The van der Waals surface area contributed by atoms with Gasteiger partial charge in [0.15, 0.2) is 0 Å². The van der Waals surface area contributed by atoms with Crippen LogP contribution in [0.15, 0.2) is 59.5 Å². The summed E-state index contributed by atoms with van der Waals surface area (Å²) in [5.74, 6) is 0.424. The van der Waals surface area contributed by atoms with Gasteiger partial charge in [-0.1, -0.05) is 18.2 Å². The summed E-state index contributed by atoms with van der Waals surface area (Å²) in [6.45, 7) is 0. The summed E-state index contributed by atoms with van der Waals surface area (Å²) < 4.78 is 21.4. The van der Waals surface area contributed by atoms with E-state index in [2.05, 4.69) is 25.3 Å². The van der Waals surface area contributed by atoms with Crippen LogP contribution in [-0.4, -0.2) is 29.9 Å². The van der Waals surface area contributed by atoms with Gasteiger partial charge in [0.2, 0.25) is 11.8 Å². The van der Waals surface area contributed by atoms with Crippen LogP contribution in [0.1, 0.15) is 11.5 Å². The number of pyridine rings is 1. The second kappa shape index (κ2) is 6.41. The van der Waals surface area contributed by atoms with E-state index < -0.39 is 0 Å². The Morgan fingerprint density at radius 3 is 2.86 bits per heavy atom. The summed E-state index contributed by atoms with van der Waals surface area (Å²) in [5, 5.41) is 13.3. The molecule has 1 N–H and O–H groups in total. The molecule has 0 aliphatic carbocycles. The highest BCUT2D eigenvalue weighted by Gasteiger charge is 2.16. The zero-order valence-corrected chi connectivity index (χ0v) is 14.9. The van der Waals surface area contributed by atoms with E-state index in [1.807, 2.05) is 19.3 Å². The van der Waals surface area contributed by atoms with Gasteiger partial charge in [-0.3, -0.25) is 4.68 Å². The predicted octanol–water partition coefficient (Wildman–Crippen LogP) is 3.74. The molecule has 8 heteroatoms. The Kier molecular flexibility index (Phi) is 3.75. The average molecular weight is 374 g/mol. The number of rotatable bonds is 4. The molecule has 138 valence electrons. The van der Waals surface area contributed by atoms with Crippen LogP contribution >= 0.6 is 0 Å². The molecule has 0 spiro atoms. The SMILES string of the molecule is Cn1cc(-c2cnc3[nH]cc(-c4nnc(Cc5ccccc5F)o4)c3c2)cn1. The Bertz CT molecular complexity index is 1280. The third-order valence-electron chi connectivity index (χ3n) is 4.57. The quantitative estimate of drug-likeness (QED) is 0.518. The number of fused-ring (bicyclic) bond motifs is 1. The minimum absolute atomic E-state index is 0.237. The highest BCUT2D eigenvalue weighted by Crippen LogP contribution is 2.30. The smallest absolute Gasteiger partial charge is 0.249 e. The molecule has 0 radical (unpaired) electrons. The Balaban J connectivity index is 1.51. The van der Waals surface area contributed by atoms with E-state index in [9.17, 15) is 4.39 Å². The summed E-state index contributed by atoms with van der Waals surface area (Å²) in [7, 11) is 1.87. The number of nitrogens with zero attached hydrogens (tertiary/aromatic N) is 5. The van der Waals surface area contributed by atoms with Crippen molar-refractivity contribution in [2.75, 3.05) is 0 Å². The monoisotopic (exact) mass is 374 g/mol. The van der Waals surface area contributed by atoms with Gasteiger partial charge in [-0.05, 0) is 17.7 Å². The molecule has 4 heterocycles. The van der Waals surface area contributed by atoms with Crippen LogP contribution in [-0.2, 0) is 13.5 Å². The van der Waals surface area contributed by atoms with Crippen LogP contribution in [0.5, 0.6) is 0 Å². The molecular weight excluding hydrogens is 359 g/mol. The number of hydrogen-bond donors (Lipinski definition) is 1. The lowest BCUT2D eigenvalue weighted by molar-refractivity contribution is 0.512. The van der Waals surface area contributed by atoms with Gasteiger partial charge < -0.3 is 9.40 Å². The van der Waals surface area contributed by atoms with Crippen molar-refractivity contribution in [2.45, 2.75) is 6.42 Å². The lowest BCUT2D eigenvalue weighted by Crippen LogP contribution is -1.92. The maximum Gasteiger partial charge on any atom is 0.249 e. The predicted molar refractivity (Wildman–Crippen MR) is 101 cm³/mol. The minimum atomic E-state index is -0.292. The van der Waals surface area contributed by atoms with E-state index in [0.717, 1.165) is 27.7 Å². The van der Waals surface area contributed by atoms with Crippen molar-refractivity contribution in [3.8, 4) is 22.6 Å². The first kappa shape index (κ1) is 16.4. The number of H-pyrrole nitrogens is 1. The van der Waals surface area contributed by atoms with Crippen molar-refractivity contribution in [1.82, 2.24) is 29.9 Å². The zero-order chi connectivity index (χ0) is 19.1. The van der Waals surface area contributed by atoms with Gasteiger partial charge in [-0.15, -0.1) is 10.2 Å². The molecule has 0 aliphatic heterocycles. The fourth-order valence-corrected chi connectivity index (χ4v) is 3.15. The molecule has 0 saturated carbocycles. The Morgan fingerprint density at radius 2 is 2.04 bits per heavy atom. The number of halogens is 1. The molecule has 0 aliphatic rings. The van der Waals surface area contributed by atoms with Gasteiger partial charge in [0.1, 0.15) is 11.5 Å². The summed E-state index contributed by atoms with van der Waals surface area (Å²) in [6, 6.07) is 8.55. The molecule has 28 heavy (non-hydrogen) atoms. The molecule has 0 fully saturated rings. The van der Waals surface area contributed by atoms with E-state index >= 15 is 0 Å². The van der Waals surface area contributed by atoms with E-state index in [0.29, 0.717) is 17.3 Å². The number of benzene rings is 1. The van der Waals surface area contributed by atoms with Crippen LogP contribution in [0.3, 0.4) is 0 Å². The summed E-state index contributed by atoms with van der Waals surface area (Å²) >= 11 is 0. The van der Waals surface area contributed by atoms with Crippen LogP contribution in [0, 0.1) is 5.82 Å². The maximum absolute atomic E-state index is 13.9.